The number of aryl methyl sites for hydroxylation is 2. The number of ether oxygens (including phenoxy) is 8. The summed E-state index contributed by atoms with van der Waals surface area (Å²) in [5.74, 6) is 3.15. The molecule has 2 aliphatic heterocycles. The molecule has 4 aromatic rings. The molecule has 6 rings (SSSR count). The third-order valence-corrected chi connectivity index (χ3v) is 8.16. The predicted octanol–water partition coefficient (Wildman–Crippen LogP) is 7.70. The maximum atomic E-state index is 11.9. The number of carbonyl (C=O) groups excluding carboxylic acids is 2. The molecule has 4 aromatic carbocycles. The quantitative estimate of drug-likeness (QED) is 0.137. The molecule has 0 N–H and O–H groups in total. The van der Waals surface area contributed by atoms with Crippen LogP contribution in [0, 0.1) is 0 Å². The number of esters is 2. The molecule has 0 radical (unpaired) electrons. The van der Waals surface area contributed by atoms with Gasteiger partial charge in [-0.2, -0.15) is 0 Å². The highest BCUT2D eigenvalue weighted by Gasteiger charge is 2.30. The van der Waals surface area contributed by atoms with Crippen molar-refractivity contribution in [1.29, 1.82) is 0 Å². The first-order valence-electron chi connectivity index (χ1n) is 16.8. The number of hydrogen-bond acceptors (Lipinski definition) is 10. The van der Waals surface area contributed by atoms with Crippen molar-refractivity contribution in [2.45, 2.75) is 72.4 Å². The summed E-state index contributed by atoms with van der Waals surface area (Å²) in [5.41, 5.74) is 4.13. The van der Waals surface area contributed by atoms with Crippen molar-refractivity contribution < 1.29 is 47.5 Å². The van der Waals surface area contributed by atoms with E-state index in [4.69, 9.17) is 37.9 Å². The molecule has 0 fully saturated rings. The summed E-state index contributed by atoms with van der Waals surface area (Å²) in [4.78, 5) is 23.8. The van der Waals surface area contributed by atoms with Crippen LogP contribution in [0.3, 0.4) is 0 Å². The Labute approximate surface area is 300 Å². The molecule has 272 valence electrons. The molecule has 0 saturated heterocycles. The Morgan fingerprint density at radius 3 is 1.35 bits per heavy atom. The lowest BCUT2D eigenvalue weighted by molar-refractivity contribution is -0.152. The molecule has 0 spiro atoms. The lowest BCUT2D eigenvalue weighted by atomic mass is 10.0. The van der Waals surface area contributed by atoms with Crippen LogP contribution in [0.5, 0.6) is 34.5 Å². The molecule has 0 unspecified atom stereocenters. The average molecular weight is 701 g/mol. The van der Waals surface area contributed by atoms with Crippen LogP contribution in [0.1, 0.15) is 56.4 Å². The van der Waals surface area contributed by atoms with E-state index in [1.54, 1.807) is 40.2 Å². The van der Waals surface area contributed by atoms with Crippen molar-refractivity contribution in [1.82, 2.24) is 0 Å². The second-order valence-electron chi connectivity index (χ2n) is 11.6. The van der Waals surface area contributed by atoms with Gasteiger partial charge in [-0.25, -0.2) is 9.59 Å². The van der Waals surface area contributed by atoms with Gasteiger partial charge in [0.25, 0.3) is 0 Å². The fourth-order valence-electron chi connectivity index (χ4n) is 5.59. The Bertz CT molecular complexity index is 1580. The van der Waals surface area contributed by atoms with E-state index in [1.807, 2.05) is 72.8 Å². The number of benzene rings is 4. The maximum absolute atomic E-state index is 11.9. The number of methoxy groups -OCH3 is 2. The van der Waals surface area contributed by atoms with Crippen molar-refractivity contribution in [3.05, 3.63) is 107 Å². The van der Waals surface area contributed by atoms with E-state index in [2.05, 4.69) is 0 Å². The minimum atomic E-state index is -0.567. The Morgan fingerprint density at radius 1 is 0.608 bits per heavy atom. The van der Waals surface area contributed by atoms with Crippen LogP contribution in [0.2, 0.25) is 0 Å². The molecule has 0 amide bonds. The molecule has 10 nitrogen and oxygen atoms in total. The lowest BCUT2D eigenvalue weighted by Crippen LogP contribution is -2.32. The number of rotatable bonds is 12. The molecule has 0 aliphatic carbocycles. The van der Waals surface area contributed by atoms with Gasteiger partial charge in [0, 0.05) is 12.1 Å². The summed E-state index contributed by atoms with van der Waals surface area (Å²) in [6.45, 7) is 5.12. The second-order valence-corrected chi connectivity index (χ2v) is 11.6. The molecule has 2 atom stereocenters. The topological polar surface area (TPSA) is 108 Å². The Balaban J connectivity index is 0.000000224. The summed E-state index contributed by atoms with van der Waals surface area (Å²) in [5, 5.41) is 0. The zero-order chi connectivity index (χ0) is 35.3. The summed E-state index contributed by atoms with van der Waals surface area (Å²) in [7, 11) is 3.23. The number of hydrogen-bond donors (Lipinski definition) is 0. The SMILES string of the molecule is C.CCOC(=O)[C@@H]1CCc2cc(OC)c(OCc3ccccc3)cc2O1.CCOC(=O)[C@H]1CCc2cc(OC)c(OCc3ccccc3)cc2O1. The van der Waals surface area contributed by atoms with Crippen LogP contribution < -0.4 is 28.4 Å². The van der Waals surface area contributed by atoms with Crippen molar-refractivity contribution in [2.24, 2.45) is 0 Å². The van der Waals surface area contributed by atoms with Gasteiger partial charge < -0.3 is 37.9 Å². The van der Waals surface area contributed by atoms with Crippen molar-refractivity contribution >= 4 is 11.9 Å². The summed E-state index contributed by atoms with van der Waals surface area (Å²) < 4.78 is 44.5. The molecule has 0 aromatic heterocycles. The fraction of sp³-hybridized carbons (Fsp3) is 0.366. The summed E-state index contributed by atoms with van der Waals surface area (Å²) in [6, 6.07) is 27.2. The van der Waals surface area contributed by atoms with Gasteiger partial charge in [-0.3, -0.25) is 0 Å². The van der Waals surface area contributed by atoms with E-state index in [9.17, 15) is 9.59 Å². The molecule has 51 heavy (non-hydrogen) atoms. The van der Waals surface area contributed by atoms with Crippen LogP contribution in [-0.2, 0) is 45.1 Å². The van der Waals surface area contributed by atoms with Gasteiger partial charge in [0.05, 0.1) is 27.4 Å². The fourth-order valence-corrected chi connectivity index (χ4v) is 5.59. The summed E-state index contributed by atoms with van der Waals surface area (Å²) in [6.07, 6.45) is 1.52. The smallest absolute Gasteiger partial charge is 0.347 e. The highest BCUT2D eigenvalue weighted by Crippen LogP contribution is 2.40. The first-order valence-corrected chi connectivity index (χ1v) is 16.8. The number of fused-ring (bicyclic) bond motifs is 2. The van der Waals surface area contributed by atoms with Crippen LogP contribution in [0.15, 0.2) is 84.9 Å². The molecule has 0 bridgehead atoms. The average Bonchev–Trinajstić information content (AvgIpc) is 3.16. The monoisotopic (exact) mass is 700 g/mol. The highest BCUT2D eigenvalue weighted by atomic mass is 16.6. The zero-order valence-electron chi connectivity index (χ0n) is 29.0. The summed E-state index contributed by atoms with van der Waals surface area (Å²) >= 11 is 0. The minimum absolute atomic E-state index is 0. The van der Waals surface area contributed by atoms with Gasteiger partial charge in [0.15, 0.2) is 35.2 Å². The normalized spacial score (nSPS) is 15.4. The van der Waals surface area contributed by atoms with Crippen LogP contribution >= 0.6 is 0 Å². The van der Waals surface area contributed by atoms with Crippen LogP contribution in [-0.4, -0.2) is 51.6 Å². The highest BCUT2D eigenvalue weighted by molar-refractivity contribution is 5.76. The van der Waals surface area contributed by atoms with Crippen LogP contribution in [0.25, 0.3) is 0 Å². The lowest BCUT2D eigenvalue weighted by Gasteiger charge is -2.25. The Morgan fingerprint density at radius 2 is 1.00 bits per heavy atom. The maximum Gasteiger partial charge on any atom is 0.347 e. The largest absolute Gasteiger partial charge is 0.493 e. The second kappa shape index (κ2) is 19.1. The third-order valence-electron chi connectivity index (χ3n) is 8.16. The van der Waals surface area contributed by atoms with E-state index in [0.717, 1.165) is 35.1 Å². The number of carbonyl (C=O) groups is 2. The molecule has 10 heteroatoms. The minimum Gasteiger partial charge on any atom is -0.493 e. The standard InChI is InChI=1S/2C20H22O5.CH4/c2*1-3-23-20(21)16-10-9-15-11-18(22-2)19(12-17(15)25-16)24-13-14-7-5-4-6-8-14;/h2*4-8,11-12,16H,3,9-10,13H2,1-2H3;1H4/t2*16-;/m10./s1. The van der Waals surface area contributed by atoms with E-state index in [-0.39, 0.29) is 19.4 Å². The third kappa shape index (κ3) is 10.3. The van der Waals surface area contributed by atoms with Crippen molar-refractivity contribution in [2.75, 3.05) is 27.4 Å². The van der Waals surface area contributed by atoms with Crippen LogP contribution in [0.4, 0.5) is 0 Å². The Kier molecular flexibility index (Phi) is 14.4. The van der Waals surface area contributed by atoms with E-state index in [0.29, 0.717) is 73.8 Å². The molecular weight excluding hydrogens is 652 g/mol. The van der Waals surface area contributed by atoms with E-state index >= 15 is 0 Å². The Hall–Kier alpha value is -5.38. The first kappa shape index (κ1) is 38.4. The van der Waals surface area contributed by atoms with Gasteiger partial charge in [-0.15, -0.1) is 0 Å². The molecule has 2 heterocycles. The molecule has 2 aliphatic rings. The van der Waals surface area contributed by atoms with E-state index in [1.165, 1.54) is 0 Å². The molecule has 0 saturated carbocycles. The van der Waals surface area contributed by atoms with Gasteiger partial charge in [0.2, 0.25) is 0 Å². The van der Waals surface area contributed by atoms with Crippen molar-refractivity contribution in [3.63, 3.8) is 0 Å². The van der Waals surface area contributed by atoms with E-state index < -0.39 is 12.2 Å². The first-order chi connectivity index (χ1) is 24.4. The van der Waals surface area contributed by atoms with Gasteiger partial charge in [0.1, 0.15) is 24.7 Å². The van der Waals surface area contributed by atoms with Gasteiger partial charge in [-0.1, -0.05) is 68.1 Å². The van der Waals surface area contributed by atoms with Gasteiger partial charge in [-0.05, 0) is 73.9 Å². The van der Waals surface area contributed by atoms with Crippen molar-refractivity contribution in [3.8, 4) is 34.5 Å². The predicted molar refractivity (Wildman–Crippen MR) is 193 cm³/mol. The zero-order valence-corrected chi connectivity index (χ0v) is 29.0. The molecular formula is C41H48O10. The van der Waals surface area contributed by atoms with Gasteiger partial charge >= 0.3 is 11.9 Å².